The Morgan fingerprint density at radius 3 is 0.600 bits per heavy atom. The summed E-state index contributed by atoms with van der Waals surface area (Å²) in [5, 5.41) is 0. The quantitative estimate of drug-likeness (QED) is 0.102. The molecule has 4 aromatic rings. The molecule has 0 aliphatic heterocycles. The Hall–Kier alpha value is -1.54. The summed E-state index contributed by atoms with van der Waals surface area (Å²) in [6, 6.07) is 52.5. The van der Waals surface area contributed by atoms with E-state index in [4.69, 9.17) is 0 Å². The topological polar surface area (TPSA) is 0 Å². The van der Waals surface area contributed by atoms with Crippen molar-refractivity contribution in [2.75, 3.05) is 0 Å². The maximum absolute atomic E-state index is 2.47. The van der Waals surface area contributed by atoms with Gasteiger partial charge in [0.1, 0.15) is 0 Å². The summed E-state index contributed by atoms with van der Waals surface area (Å²) in [7, 11) is -1.86. The SMILES string of the molecule is C[SiH](C)[CH-]Cc1ccccc1.C[SiH](C)[CH-]Cc1ccccc1.C[SiH](C)[CH-]Cc1ccccc1.C[SiH](C)[CH-]Cc1ccccc1.[Ti+4]. The van der Waals surface area contributed by atoms with Gasteiger partial charge in [0.15, 0.2) is 0 Å². The molecule has 0 unspecified atom stereocenters. The van der Waals surface area contributed by atoms with Crippen molar-refractivity contribution in [1.82, 2.24) is 0 Å². The van der Waals surface area contributed by atoms with Crippen LogP contribution in [0.4, 0.5) is 0 Å². The Kier molecular flexibility index (Phi) is 27.7. The second-order valence-corrected chi connectivity index (χ2v) is 24.5. The van der Waals surface area contributed by atoms with Crippen molar-refractivity contribution in [2.45, 2.75) is 78.1 Å². The van der Waals surface area contributed by atoms with Crippen molar-refractivity contribution in [2.24, 2.45) is 0 Å². The summed E-state index contributed by atoms with van der Waals surface area (Å²) < 4.78 is 0. The van der Waals surface area contributed by atoms with Gasteiger partial charge in [-0.2, -0.15) is 25.7 Å². The zero-order valence-electron chi connectivity index (χ0n) is 29.5. The predicted octanol–water partition coefficient (Wildman–Crippen LogP) is 9.83. The summed E-state index contributed by atoms with van der Waals surface area (Å²) in [5.74, 6) is 0. The molecule has 0 saturated heterocycles. The molecule has 45 heavy (non-hydrogen) atoms. The van der Waals surface area contributed by atoms with Crippen LogP contribution in [0.2, 0.25) is 52.4 Å². The smallest absolute Gasteiger partial charge is 0.326 e. The Balaban J connectivity index is 0.000000569. The molecule has 0 aromatic heterocycles. The van der Waals surface area contributed by atoms with E-state index in [-0.39, 0.29) is 21.7 Å². The van der Waals surface area contributed by atoms with Crippen LogP contribution in [0.15, 0.2) is 121 Å². The van der Waals surface area contributed by atoms with E-state index in [0.29, 0.717) is 0 Å². The third kappa shape index (κ3) is 27.3. The fraction of sp³-hybridized carbons (Fsp3) is 0.300. The maximum Gasteiger partial charge on any atom is 4.00 e. The molecule has 4 aromatic carbocycles. The minimum Gasteiger partial charge on any atom is -0.326 e. The summed E-state index contributed by atoms with van der Waals surface area (Å²) in [5.41, 5.74) is 5.75. The Morgan fingerprint density at radius 1 is 0.311 bits per heavy atom. The summed E-state index contributed by atoms with van der Waals surface area (Å²) >= 11 is 0. The van der Waals surface area contributed by atoms with Gasteiger partial charge in [-0.05, 0) is 0 Å². The molecule has 0 bridgehead atoms. The van der Waals surface area contributed by atoms with Crippen LogP contribution in [0.5, 0.6) is 0 Å². The van der Waals surface area contributed by atoms with Crippen molar-refractivity contribution in [3.05, 3.63) is 168 Å². The van der Waals surface area contributed by atoms with Gasteiger partial charge in [-0.1, -0.05) is 196 Å². The largest absolute Gasteiger partial charge is 4.00 e. The zero-order chi connectivity index (χ0) is 32.4. The van der Waals surface area contributed by atoms with E-state index in [2.05, 4.69) is 198 Å². The van der Waals surface area contributed by atoms with E-state index in [1.807, 2.05) is 0 Å². The molecule has 0 aliphatic carbocycles. The van der Waals surface area contributed by atoms with Gasteiger partial charge in [0.25, 0.3) is 0 Å². The third-order valence-electron chi connectivity index (χ3n) is 6.67. The van der Waals surface area contributed by atoms with Crippen molar-refractivity contribution in [3.8, 4) is 0 Å². The van der Waals surface area contributed by atoms with Crippen LogP contribution in [0.25, 0.3) is 0 Å². The first kappa shape index (κ1) is 43.5. The first-order valence-corrected chi connectivity index (χ1v) is 28.5. The fourth-order valence-electron chi connectivity index (χ4n) is 3.94. The maximum atomic E-state index is 2.47. The van der Waals surface area contributed by atoms with E-state index in [1.54, 1.807) is 0 Å². The minimum absolute atomic E-state index is 0. The van der Waals surface area contributed by atoms with E-state index < -0.39 is 35.2 Å². The van der Waals surface area contributed by atoms with Crippen LogP contribution in [-0.4, -0.2) is 35.2 Å². The van der Waals surface area contributed by atoms with E-state index in [1.165, 1.54) is 22.3 Å². The number of hydrogen-bond donors (Lipinski definition) is 0. The molecule has 0 N–H and O–H groups in total. The Bertz CT molecular complexity index is 962. The number of benzene rings is 4. The molecule has 0 aliphatic rings. The monoisotopic (exact) mass is 700 g/mol. The van der Waals surface area contributed by atoms with Crippen LogP contribution in [-0.2, 0) is 47.4 Å². The molecule has 0 saturated carbocycles. The van der Waals surface area contributed by atoms with Gasteiger partial charge in [-0.15, -0.1) is 35.2 Å². The van der Waals surface area contributed by atoms with Gasteiger partial charge >= 0.3 is 21.7 Å². The fourth-order valence-corrected chi connectivity index (χ4v) is 6.92. The van der Waals surface area contributed by atoms with Crippen LogP contribution < -0.4 is 0 Å². The van der Waals surface area contributed by atoms with Crippen LogP contribution in [0, 0.1) is 24.2 Å². The molecule has 4 rings (SSSR count). The summed E-state index contributed by atoms with van der Waals surface area (Å²) in [4.78, 5) is 0. The van der Waals surface area contributed by atoms with E-state index in [0.717, 1.165) is 25.7 Å². The average molecular weight is 701 g/mol. The molecule has 5 heteroatoms. The molecule has 0 nitrogen and oxygen atoms in total. The van der Waals surface area contributed by atoms with Gasteiger partial charge in [-0.3, -0.25) is 0 Å². The summed E-state index contributed by atoms with van der Waals surface area (Å²) in [6.45, 7) is 18.8. The van der Waals surface area contributed by atoms with Crippen LogP contribution in [0.3, 0.4) is 0 Å². The molecular weight excluding hydrogens is 641 g/mol. The van der Waals surface area contributed by atoms with Gasteiger partial charge < -0.3 is 24.2 Å². The first-order valence-electron chi connectivity index (χ1n) is 16.6. The van der Waals surface area contributed by atoms with Gasteiger partial charge in [0.05, 0.1) is 0 Å². The molecule has 0 fully saturated rings. The van der Waals surface area contributed by atoms with Crippen molar-refractivity contribution in [3.63, 3.8) is 0 Å². The number of rotatable bonds is 12. The minimum atomic E-state index is -0.465. The van der Waals surface area contributed by atoms with Gasteiger partial charge in [0.2, 0.25) is 0 Å². The molecule has 0 heterocycles. The van der Waals surface area contributed by atoms with E-state index >= 15 is 0 Å². The first-order chi connectivity index (χ1) is 21.2. The molecule has 0 atom stereocenters. The second-order valence-electron chi connectivity index (χ2n) is 12.7. The number of hydrogen-bond acceptors (Lipinski definition) is 0. The molecule has 0 amide bonds. The van der Waals surface area contributed by atoms with Crippen molar-refractivity contribution in [1.29, 1.82) is 0 Å². The van der Waals surface area contributed by atoms with Gasteiger partial charge in [-0.25, -0.2) is 0 Å². The standard InChI is InChI=1S/4C10H15Si.Ti/c4*1-11(2)9-8-10-6-4-3-5-7-10;/h4*3-7,9,11H,8H2,1-2H3;/q4*-1;+4. The summed E-state index contributed by atoms with van der Waals surface area (Å²) in [6.07, 6.45) is 4.63. The normalized spacial score (nSPS) is 10.2. The van der Waals surface area contributed by atoms with E-state index in [9.17, 15) is 0 Å². The second kappa shape index (κ2) is 28.7. The molecule has 0 radical (unpaired) electrons. The third-order valence-corrected chi connectivity index (χ3v) is 11.4. The zero-order valence-corrected chi connectivity index (χ0v) is 35.7. The molecular formula is C40H60Si4Ti. The predicted molar refractivity (Wildman–Crippen MR) is 213 cm³/mol. The van der Waals surface area contributed by atoms with Gasteiger partial charge in [0, 0.05) is 0 Å². The van der Waals surface area contributed by atoms with Crippen LogP contribution in [0.1, 0.15) is 22.3 Å². The molecule has 240 valence electrons. The Labute approximate surface area is 300 Å². The Morgan fingerprint density at radius 2 is 0.467 bits per heavy atom. The van der Waals surface area contributed by atoms with Crippen molar-refractivity contribution < 1.29 is 21.7 Å². The van der Waals surface area contributed by atoms with Crippen LogP contribution >= 0.6 is 0 Å². The van der Waals surface area contributed by atoms with Crippen molar-refractivity contribution >= 4 is 35.2 Å². The molecule has 0 spiro atoms. The average Bonchev–Trinajstić information content (AvgIpc) is 3.04.